The summed E-state index contributed by atoms with van der Waals surface area (Å²) in [5, 5.41) is 18.0. The Morgan fingerprint density at radius 2 is 1.11 bits per heavy atom. The number of hydrogen-bond donors (Lipinski definition) is 3. The first-order chi connectivity index (χ1) is 39.8. The molecule has 1 fully saturated rings. The molecule has 1 heterocycles. The number of carbonyl (C=O) groups excluding carboxylic acids is 2. The third kappa shape index (κ3) is 21.2. The van der Waals surface area contributed by atoms with Gasteiger partial charge in [0.05, 0.1) is 71.1 Å². The highest BCUT2D eigenvalue weighted by molar-refractivity contribution is 5.96. The normalized spacial score (nSPS) is 18.1. The van der Waals surface area contributed by atoms with Crippen molar-refractivity contribution in [2.45, 2.75) is 159 Å². The zero-order valence-corrected chi connectivity index (χ0v) is 47.6. The van der Waals surface area contributed by atoms with Crippen LogP contribution in [0, 0.1) is 0 Å². The Hall–Kier alpha value is -6.26. The number of amides is 2. The van der Waals surface area contributed by atoms with Gasteiger partial charge in [0.15, 0.2) is 6.29 Å². The first kappa shape index (κ1) is 62.3. The lowest BCUT2D eigenvalue weighted by molar-refractivity contribution is -0.333. The van der Waals surface area contributed by atoms with E-state index in [2.05, 4.69) is 10.6 Å². The van der Waals surface area contributed by atoms with Crippen LogP contribution in [0.4, 0.5) is 0 Å². The molecule has 0 saturated carbocycles. The van der Waals surface area contributed by atoms with Crippen LogP contribution in [-0.4, -0.2) is 92.7 Å². The van der Waals surface area contributed by atoms with Crippen LogP contribution >= 0.6 is 0 Å². The summed E-state index contributed by atoms with van der Waals surface area (Å²) in [7, 11) is 1.57. The summed E-state index contributed by atoms with van der Waals surface area (Å²) in [5.41, 5.74) is 4.40. The van der Waals surface area contributed by atoms with E-state index in [-0.39, 0.29) is 51.5 Å². The van der Waals surface area contributed by atoms with E-state index >= 15 is 0 Å². The molecule has 0 spiro atoms. The molecule has 6 aromatic rings. The number of aliphatic hydroxyl groups excluding tert-OH is 1. The Balaban J connectivity index is 1.03. The van der Waals surface area contributed by atoms with Crippen molar-refractivity contribution in [2.75, 3.05) is 33.5 Å². The summed E-state index contributed by atoms with van der Waals surface area (Å²) in [6.45, 7) is 4.31. The zero-order valence-electron chi connectivity index (χ0n) is 47.6. The van der Waals surface area contributed by atoms with Crippen molar-refractivity contribution >= 4 is 11.8 Å². The van der Waals surface area contributed by atoms with Gasteiger partial charge in [0, 0.05) is 26.0 Å². The summed E-state index contributed by atoms with van der Waals surface area (Å²) in [6, 6.07) is 56.4. The van der Waals surface area contributed by atoms with E-state index in [1.807, 2.05) is 171 Å². The summed E-state index contributed by atoms with van der Waals surface area (Å²) >= 11 is 0. The van der Waals surface area contributed by atoms with Gasteiger partial charge < -0.3 is 53.6 Å². The summed E-state index contributed by atoms with van der Waals surface area (Å²) in [5.74, 6) is 0.314. The average molecular weight is 1110 g/mol. The van der Waals surface area contributed by atoms with Crippen molar-refractivity contribution in [3.05, 3.63) is 209 Å². The molecule has 0 aromatic heterocycles. The Labute approximate surface area is 481 Å². The molecule has 1 aliphatic heterocycles. The maximum atomic E-state index is 14.1. The second-order valence-corrected chi connectivity index (χ2v) is 20.9. The van der Waals surface area contributed by atoms with Crippen molar-refractivity contribution in [1.29, 1.82) is 0 Å². The van der Waals surface area contributed by atoms with Gasteiger partial charge in [-0.15, -0.1) is 0 Å². The smallest absolute Gasteiger partial charge is 0.255 e. The molecule has 0 radical (unpaired) electrons. The number of nitrogens with one attached hydrogen (secondary N) is 2. The minimum atomic E-state index is -1.07. The van der Waals surface area contributed by atoms with Gasteiger partial charge in [-0.05, 0) is 59.2 Å². The third-order valence-electron chi connectivity index (χ3n) is 14.8. The Bertz CT molecular complexity index is 2630. The Morgan fingerprint density at radius 1 is 0.605 bits per heavy atom. The van der Waals surface area contributed by atoms with Crippen molar-refractivity contribution in [1.82, 2.24) is 10.6 Å². The monoisotopic (exact) mass is 1110 g/mol. The maximum absolute atomic E-state index is 14.1. The molecule has 13 heteroatoms. The highest BCUT2D eigenvalue weighted by Crippen LogP contribution is 2.38. The molecule has 6 aromatic carbocycles. The Morgan fingerprint density at radius 3 is 1.69 bits per heavy atom. The van der Waals surface area contributed by atoms with E-state index in [4.69, 9.17) is 37.9 Å². The van der Waals surface area contributed by atoms with Gasteiger partial charge in [-0.3, -0.25) is 9.59 Å². The van der Waals surface area contributed by atoms with Gasteiger partial charge in [0.2, 0.25) is 5.91 Å². The topological polar surface area (TPSA) is 152 Å². The predicted octanol–water partition coefficient (Wildman–Crippen LogP) is 12.3. The van der Waals surface area contributed by atoms with Crippen molar-refractivity contribution in [3.8, 4) is 5.75 Å². The number of ether oxygens (including phenoxy) is 8. The number of benzene rings is 6. The van der Waals surface area contributed by atoms with E-state index in [1.165, 1.54) is 0 Å². The van der Waals surface area contributed by atoms with Gasteiger partial charge in [0.1, 0.15) is 29.7 Å². The van der Waals surface area contributed by atoms with Crippen LogP contribution in [-0.2, 0) is 71.0 Å². The van der Waals surface area contributed by atoms with Gasteiger partial charge >= 0.3 is 0 Å². The van der Waals surface area contributed by atoms with Gasteiger partial charge in [-0.25, -0.2) is 0 Å². The van der Waals surface area contributed by atoms with Crippen LogP contribution in [0.2, 0.25) is 0 Å². The first-order valence-corrected chi connectivity index (χ1v) is 29.2. The van der Waals surface area contributed by atoms with Crippen LogP contribution in [0.5, 0.6) is 5.75 Å². The molecular formula is C68H86N2O11. The van der Waals surface area contributed by atoms with Gasteiger partial charge in [0.25, 0.3) is 5.91 Å². The molecule has 3 N–H and O–H groups in total. The van der Waals surface area contributed by atoms with Crippen LogP contribution in [0.3, 0.4) is 0 Å². The molecule has 1 saturated heterocycles. The minimum Gasteiger partial charge on any atom is -0.496 e. The molecular weight excluding hydrogens is 1020 g/mol. The number of aliphatic hydroxyl groups is 1. The molecule has 0 bridgehead atoms. The summed E-state index contributed by atoms with van der Waals surface area (Å²) in [4.78, 5) is 26.7. The molecule has 81 heavy (non-hydrogen) atoms. The third-order valence-corrected chi connectivity index (χ3v) is 14.8. The van der Waals surface area contributed by atoms with Crippen molar-refractivity contribution in [2.24, 2.45) is 0 Å². The molecule has 2 amide bonds. The zero-order chi connectivity index (χ0) is 56.6. The highest BCUT2D eigenvalue weighted by Gasteiger charge is 2.54. The first-order valence-electron chi connectivity index (χ1n) is 29.2. The van der Waals surface area contributed by atoms with E-state index in [0.29, 0.717) is 50.3 Å². The standard InChI is InChI=1S/C68H86N2O11/c1-3-60(71)63(76-47-54-32-18-12-19-33-54)59(70-62(72)42-26-9-7-5-4-6-8-10-29-44-69-66(73)58-40-27-28-41-61(58)74-2)51-79-67-64(77-48-55-34-20-13-21-35-55)65(78-49-56-36-22-14-23-37-56)68(52-80-67,81-50-57-38-24-15-25-39-57)43-45-75-46-53-30-16-11-17-31-53/h11-25,27-28,30-41,59-60,63-65,67,71H,3-10,26,29,42-52H2,1-2H3,(H,69,73)(H,70,72)/t59-,60+,63?,64?,65?,67-,68+/m0/s1. The lowest BCUT2D eigenvalue weighted by Gasteiger charge is -2.49. The quantitative estimate of drug-likeness (QED) is 0.0318. The predicted molar refractivity (Wildman–Crippen MR) is 315 cm³/mol. The van der Waals surface area contributed by atoms with Crippen LogP contribution in [0.15, 0.2) is 176 Å². The van der Waals surface area contributed by atoms with Gasteiger partial charge in [-0.2, -0.15) is 0 Å². The number of carbonyl (C=O) groups is 2. The SMILES string of the molecule is CC[C@@H](O)C(OCc1ccccc1)[C@H](CO[C@H]1OC[C@@](CCOCc2ccccc2)(OCc2ccccc2)C(OCc2ccccc2)C1OCc1ccccc1)NC(=O)CCCCCCCCCCCNC(=O)c1ccccc1OC. The van der Waals surface area contributed by atoms with E-state index in [1.54, 1.807) is 19.2 Å². The Kier molecular flexibility index (Phi) is 27.4. The van der Waals surface area contributed by atoms with Crippen molar-refractivity contribution in [3.63, 3.8) is 0 Å². The second kappa shape index (κ2) is 35.6. The number of rotatable bonds is 38. The maximum Gasteiger partial charge on any atom is 0.255 e. The summed E-state index contributed by atoms with van der Waals surface area (Å²) < 4.78 is 53.2. The fraction of sp³-hybridized carbons (Fsp3) is 0.441. The largest absolute Gasteiger partial charge is 0.496 e. The molecule has 7 atom stereocenters. The lowest BCUT2D eigenvalue weighted by atomic mass is 9.86. The lowest BCUT2D eigenvalue weighted by Crippen LogP contribution is -2.65. The molecule has 13 nitrogen and oxygen atoms in total. The van der Waals surface area contributed by atoms with E-state index in [9.17, 15) is 14.7 Å². The van der Waals surface area contributed by atoms with Crippen LogP contribution in [0.25, 0.3) is 0 Å². The number of unbranched alkanes of at least 4 members (excludes halogenated alkanes) is 8. The van der Waals surface area contributed by atoms with Gasteiger partial charge in [-0.1, -0.05) is 216 Å². The molecule has 434 valence electrons. The average Bonchev–Trinajstić information content (AvgIpc) is 3.58. The van der Waals surface area contributed by atoms with E-state index < -0.39 is 42.3 Å². The summed E-state index contributed by atoms with van der Waals surface area (Å²) in [6.07, 6.45) is 5.86. The molecule has 7 rings (SSSR count). The fourth-order valence-corrected chi connectivity index (χ4v) is 10.1. The number of para-hydroxylation sites is 1. The minimum absolute atomic E-state index is 0.0598. The van der Waals surface area contributed by atoms with E-state index in [0.717, 1.165) is 85.6 Å². The molecule has 1 aliphatic rings. The number of methoxy groups -OCH3 is 1. The molecule has 3 unspecified atom stereocenters. The second-order valence-electron chi connectivity index (χ2n) is 20.9. The van der Waals surface area contributed by atoms with Crippen molar-refractivity contribution < 1.29 is 52.6 Å². The number of hydrogen-bond acceptors (Lipinski definition) is 11. The fourth-order valence-electron chi connectivity index (χ4n) is 10.1. The molecule has 0 aliphatic carbocycles. The van der Waals surface area contributed by atoms with Crippen LogP contribution < -0.4 is 15.4 Å². The highest BCUT2D eigenvalue weighted by atomic mass is 16.7. The van der Waals surface area contributed by atoms with Crippen LogP contribution in [0.1, 0.15) is 122 Å².